The number of nitrogens with zero attached hydrogens (tertiary/aromatic N) is 1. The van der Waals surface area contributed by atoms with Gasteiger partial charge in [-0.1, -0.05) is 0 Å². The molecule has 1 aromatic heterocycles. The Morgan fingerprint density at radius 1 is 1.61 bits per heavy atom. The van der Waals surface area contributed by atoms with Crippen molar-refractivity contribution in [2.24, 2.45) is 0 Å². The van der Waals surface area contributed by atoms with Gasteiger partial charge in [-0.25, -0.2) is 0 Å². The van der Waals surface area contributed by atoms with Gasteiger partial charge in [0, 0.05) is 18.5 Å². The summed E-state index contributed by atoms with van der Waals surface area (Å²) in [7, 11) is 0. The number of rotatable bonds is 2. The lowest BCUT2D eigenvalue weighted by Crippen LogP contribution is -2.55. The molecule has 18 heavy (non-hydrogen) atoms. The van der Waals surface area contributed by atoms with Crippen LogP contribution >= 0.6 is 11.3 Å². The van der Waals surface area contributed by atoms with Crippen LogP contribution < -0.4 is 0 Å². The third-order valence-electron chi connectivity index (χ3n) is 3.06. The molecule has 100 valence electrons. The molecule has 2 rings (SSSR count). The molecule has 1 aliphatic heterocycles. The highest BCUT2D eigenvalue weighted by Gasteiger charge is 2.35. The van der Waals surface area contributed by atoms with Gasteiger partial charge in [0.2, 0.25) is 0 Å². The lowest BCUT2D eigenvalue weighted by atomic mass is 10.0. The van der Waals surface area contributed by atoms with Gasteiger partial charge in [0.25, 0.3) is 5.91 Å². The van der Waals surface area contributed by atoms with E-state index in [1.165, 1.54) is 11.3 Å². The second kappa shape index (κ2) is 4.99. The van der Waals surface area contributed by atoms with E-state index >= 15 is 0 Å². The topological polar surface area (TPSA) is 49.8 Å². The zero-order valence-electron chi connectivity index (χ0n) is 11.0. The number of thiophene rings is 1. The van der Waals surface area contributed by atoms with E-state index in [1.807, 2.05) is 31.5 Å². The molecule has 1 atom stereocenters. The molecule has 0 saturated carbocycles. The van der Waals surface area contributed by atoms with Crippen molar-refractivity contribution in [3.63, 3.8) is 0 Å². The van der Waals surface area contributed by atoms with Crippen LogP contribution in [-0.4, -0.2) is 47.3 Å². The van der Waals surface area contributed by atoms with Crippen LogP contribution in [0.5, 0.6) is 0 Å². The molecular weight excluding hydrogens is 250 g/mol. The van der Waals surface area contributed by atoms with Crippen molar-refractivity contribution in [1.82, 2.24) is 4.90 Å². The molecule has 0 aliphatic carbocycles. The highest BCUT2D eigenvalue weighted by atomic mass is 32.1. The first kappa shape index (κ1) is 13.5. The highest BCUT2D eigenvalue weighted by molar-refractivity contribution is 7.08. The molecule has 1 unspecified atom stereocenters. The summed E-state index contributed by atoms with van der Waals surface area (Å²) in [4.78, 5) is 14.2. The summed E-state index contributed by atoms with van der Waals surface area (Å²) in [5, 5.41) is 13.1. The number of carbonyl (C=O) groups is 1. The molecule has 0 bridgehead atoms. The van der Waals surface area contributed by atoms with Crippen LogP contribution in [0.4, 0.5) is 0 Å². The van der Waals surface area contributed by atoms with E-state index in [-0.39, 0.29) is 18.6 Å². The van der Waals surface area contributed by atoms with Crippen LogP contribution in [0.25, 0.3) is 0 Å². The lowest BCUT2D eigenvalue weighted by Gasteiger charge is -2.42. The Morgan fingerprint density at radius 3 is 2.89 bits per heavy atom. The van der Waals surface area contributed by atoms with E-state index in [0.717, 1.165) is 11.1 Å². The van der Waals surface area contributed by atoms with Crippen LogP contribution in [0.1, 0.15) is 29.8 Å². The summed E-state index contributed by atoms with van der Waals surface area (Å²) in [5.41, 5.74) is 1.36. The average Bonchev–Trinajstić information content (AvgIpc) is 2.72. The van der Waals surface area contributed by atoms with Crippen LogP contribution in [0.2, 0.25) is 0 Å². The van der Waals surface area contributed by atoms with Gasteiger partial charge in [0.1, 0.15) is 0 Å². The summed E-state index contributed by atoms with van der Waals surface area (Å²) in [6.45, 7) is 6.77. The quantitative estimate of drug-likeness (QED) is 0.888. The smallest absolute Gasteiger partial charge is 0.255 e. The molecule has 2 heterocycles. The minimum absolute atomic E-state index is 0.0311. The van der Waals surface area contributed by atoms with Crippen molar-refractivity contribution >= 4 is 17.2 Å². The number of amides is 1. The van der Waals surface area contributed by atoms with Gasteiger partial charge in [0.15, 0.2) is 0 Å². The molecule has 1 fully saturated rings. The standard InChI is InChI=1S/C13H19NO3S/c1-9-6-18-7-11(9)12(16)14-4-10(5-15)17-13(2,3)8-14/h6-7,10,15H,4-5,8H2,1-3H3. The number of aliphatic hydroxyl groups excluding tert-OH is 1. The van der Waals surface area contributed by atoms with Crippen LogP contribution in [0, 0.1) is 6.92 Å². The fraction of sp³-hybridized carbons (Fsp3) is 0.615. The predicted molar refractivity (Wildman–Crippen MR) is 71.0 cm³/mol. The number of aliphatic hydroxyl groups is 1. The van der Waals surface area contributed by atoms with E-state index in [2.05, 4.69) is 0 Å². The maximum atomic E-state index is 12.4. The van der Waals surface area contributed by atoms with Gasteiger partial charge in [-0.2, -0.15) is 11.3 Å². The van der Waals surface area contributed by atoms with Crippen LogP contribution in [0.3, 0.4) is 0 Å². The van der Waals surface area contributed by atoms with Gasteiger partial charge in [-0.05, 0) is 31.7 Å². The van der Waals surface area contributed by atoms with Crippen molar-refractivity contribution in [3.8, 4) is 0 Å². The zero-order chi connectivity index (χ0) is 13.3. The number of hydrogen-bond acceptors (Lipinski definition) is 4. The molecule has 1 aromatic rings. The van der Waals surface area contributed by atoms with Gasteiger partial charge >= 0.3 is 0 Å². The molecule has 1 N–H and O–H groups in total. The predicted octanol–water partition coefficient (Wildman–Crippen LogP) is 1.67. The monoisotopic (exact) mass is 269 g/mol. The second-order valence-corrected chi connectivity index (χ2v) is 6.08. The number of ether oxygens (including phenoxy) is 1. The molecular formula is C13H19NO3S. The third kappa shape index (κ3) is 2.74. The highest BCUT2D eigenvalue weighted by Crippen LogP contribution is 2.24. The summed E-state index contributed by atoms with van der Waals surface area (Å²) < 4.78 is 5.71. The fourth-order valence-corrected chi connectivity index (χ4v) is 3.12. The molecule has 1 saturated heterocycles. The first-order valence-corrected chi connectivity index (χ1v) is 6.98. The molecule has 0 radical (unpaired) electrons. The Bertz CT molecular complexity index is 441. The molecule has 0 spiro atoms. The Kier molecular flexibility index (Phi) is 3.75. The summed E-state index contributed by atoms with van der Waals surface area (Å²) in [6, 6.07) is 0. The maximum absolute atomic E-state index is 12.4. The first-order valence-electron chi connectivity index (χ1n) is 6.04. The second-order valence-electron chi connectivity index (χ2n) is 5.34. The fourth-order valence-electron chi connectivity index (χ4n) is 2.30. The molecule has 5 heteroatoms. The average molecular weight is 269 g/mol. The first-order chi connectivity index (χ1) is 8.43. The zero-order valence-corrected chi connectivity index (χ0v) is 11.8. The summed E-state index contributed by atoms with van der Waals surface area (Å²) >= 11 is 1.54. The van der Waals surface area contributed by atoms with Crippen molar-refractivity contribution in [3.05, 3.63) is 21.9 Å². The Morgan fingerprint density at radius 2 is 2.33 bits per heavy atom. The summed E-state index contributed by atoms with van der Waals surface area (Å²) in [5.74, 6) is 0.0311. The normalized spacial score (nSPS) is 23.1. The lowest BCUT2D eigenvalue weighted by molar-refractivity contribution is -0.139. The number of hydrogen-bond donors (Lipinski definition) is 1. The summed E-state index contributed by atoms with van der Waals surface area (Å²) in [6.07, 6.45) is -0.295. The minimum Gasteiger partial charge on any atom is -0.394 e. The Hall–Kier alpha value is -0.910. The largest absolute Gasteiger partial charge is 0.394 e. The molecule has 4 nitrogen and oxygen atoms in total. The minimum atomic E-state index is -0.411. The van der Waals surface area contributed by atoms with Gasteiger partial charge < -0.3 is 14.7 Å². The maximum Gasteiger partial charge on any atom is 0.255 e. The van der Waals surface area contributed by atoms with Crippen molar-refractivity contribution in [1.29, 1.82) is 0 Å². The Labute approximate surface area is 111 Å². The van der Waals surface area contributed by atoms with E-state index in [1.54, 1.807) is 4.90 Å². The van der Waals surface area contributed by atoms with Gasteiger partial charge in [-0.15, -0.1) is 0 Å². The van der Waals surface area contributed by atoms with E-state index < -0.39 is 5.60 Å². The van der Waals surface area contributed by atoms with Crippen LogP contribution in [-0.2, 0) is 4.74 Å². The van der Waals surface area contributed by atoms with E-state index in [4.69, 9.17) is 4.74 Å². The van der Waals surface area contributed by atoms with Gasteiger partial charge in [-0.3, -0.25) is 4.79 Å². The van der Waals surface area contributed by atoms with Crippen molar-refractivity contribution in [2.75, 3.05) is 19.7 Å². The van der Waals surface area contributed by atoms with Crippen molar-refractivity contribution < 1.29 is 14.6 Å². The van der Waals surface area contributed by atoms with E-state index in [9.17, 15) is 9.90 Å². The molecule has 0 aromatic carbocycles. The van der Waals surface area contributed by atoms with Crippen LogP contribution in [0.15, 0.2) is 10.8 Å². The SMILES string of the molecule is Cc1cscc1C(=O)N1CC(CO)OC(C)(C)C1. The Balaban J connectivity index is 2.17. The molecule has 1 amide bonds. The van der Waals surface area contributed by atoms with Gasteiger partial charge in [0.05, 0.1) is 23.9 Å². The van der Waals surface area contributed by atoms with Crippen molar-refractivity contribution in [2.45, 2.75) is 32.5 Å². The number of morpholine rings is 1. The molecule has 1 aliphatic rings. The van der Waals surface area contributed by atoms with E-state index in [0.29, 0.717) is 13.1 Å². The third-order valence-corrected chi connectivity index (χ3v) is 3.92. The number of carbonyl (C=O) groups excluding carboxylic acids is 1. The number of aryl methyl sites for hydroxylation is 1.